The molecule has 0 unspecified atom stereocenters. The monoisotopic (exact) mass is 257 g/mol. The zero-order valence-corrected chi connectivity index (χ0v) is 11.3. The van der Waals surface area contributed by atoms with Gasteiger partial charge in [-0.2, -0.15) is 0 Å². The number of nitrogens with zero attached hydrogens (tertiary/aromatic N) is 1. The van der Waals surface area contributed by atoms with Gasteiger partial charge in [0.1, 0.15) is 0 Å². The fourth-order valence-corrected chi connectivity index (χ4v) is 2.07. The largest absolute Gasteiger partial charge is 0.504 e. The van der Waals surface area contributed by atoms with Crippen LogP contribution in [0.4, 0.5) is 5.69 Å². The lowest BCUT2D eigenvalue weighted by molar-refractivity contribution is 0.373. The summed E-state index contributed by atoms with van der Waals surface area (Å²) in [6.45, 7) is 3.84. The van der Waals surface area contributed by atoms with Crippen molar-refractivity contribution in [2.24, 2.45) is 0 Å². The molecule has 0 aromatic heterocycles. The van der Waals surface area contributed by atoms with E-state index in [1.165, 1.54) is 5.69 Å². The van der Waals surface area contributed by atoms with Gasteiger partial charge in [-0.05, 0) is 36.8 Å². The van der Waals surface area contributed by atoms with E-state index in [2.05, 4.69) is 24.0 Å². The van der Waals surface area contributed by atoms with Crippen LogP contribution in [0.15, 0.2) is 48.5 Å². The van der Waals surface area contributed by atoms with Crippen LogP contribution in [0.25, 0.3) is 0 Å². The number of phenolic OH excluding ortho intramolecular Hbond substituents is 1. The highest BCUT2D eigenvalue weighted by atomic mass is 16.5. The third-order valence-electron chi connectivity index (χ3n) is 3.12. The van der Waals surface area contributed by atoms with E-state index in [4.69, 9.17) is 4.74 Å². The quantitative estimate of drug-likeness (QED) is 0.890. The Balaban J connectivity index is 2.19. The molecule has 3 heteroatoms. The van der Waals surface area contributed by atoms with Gasteiger partial charge in [-0.15, -0.1) is 0 Å². The van der Waals surface area contributed by atoms with Gasteiger partial charge in [0.05, 0.1) is 7.11 Å². The minimum atomic E-state index is 0.175. The summed E-state index contributed by atoms with van der Waals surface area (Å²) in [6, 6.07) is 15.8. The Kier molecular flexibility index (Phi) is 4.29. The molecule has 2 rings (SSSR count). The summed E-state index contributed by atoms with van der Waals surface area (Å²) >= 11 is 0. The Morgan fingerprint density at radius 1 is 1.11 bits per heavy atom. The van der Waals surface area contributed by atoms with E-state index in [9.17, 15) is 5.11 Å². The molecule has 0 saturated heterocycles. The Morgan fingerprint density at radius 3 is 2.47 bits per heavy atom. The molecule has 19 heavy (non-hydrogen) atoms. The highest BCUT2D eigenvalue weighted by Gasteiger charge is 2.07. The zero-order valence-electron chi connectivity index (χ0n) is 11.3. The SMILES string of the molecule is CCN(Cc1ccc(O)c(OC)c1)c1ccccc1. The van der Waals surface area contributed by atoms with Crippen molar-refractivity contribution in [2.75, 3.05) is 18.6 Å². The van der Waals surface area contributed by atoms with Crippen LogP contribution < -0.4 is 9.64 Å². The number of methoxy groups -OCH3 is 1. The molecular weight excluding hydrogens is 238 g/mol. The fraction of sp³-hybridized carbons (Fsp3) is 0.250. The zero-order chi connectivity index (χ0) is 13.7. The summed E-state index contributed by atoms with van der Waals surface area (Å²) in [5.41, 5.74) is 2.30. The molecule has 1 N–H and O–H groups in total. The maximum absolute atomic E-state index is 9.60. The summed E-state index contributed by atoms with van der Waals surface area (Å²) in [5.74, 6) is 0.690. The second-order valence-electron chi connectivity index (χ2n) is 4.36. The fourth-order valence-electron chi connectivity index (χ4n) is 2.07. The van der Waals surface area contributed by atoms with E-state index in [-0.39, 0.29) is 5.75 Å². The molecule has 100 valence electrons. The van der Waals surface area contributed by atoms with Gasteiger partial charge < -0.3 is 14.7 Å². The number of aromatic hydroxyl groups is 1. The number of hydrogen-bond acceptors (Lipinski definition) is 3. The lowest BCUT2D eigenvalue weighted by atomic mass is 10.1. The molecule has 0 fully saturated rings. The molecule has 3 nitrogen and oxygen atoms in total. The van der Waals surface area contributed by atoms with Crippen molar-refractivity contribution in [3.8, 4) is 11.5 Å². The molecule has 0 bridgehead atoms. The van der Waals surface area contributed by atoms with Gasteiger partial charge in [-0.1, -0.05) is 24.3 Å². The molecule has 2 aromatic carbocycles. The number of rotatable bonds is 5. The maximum atomic E-state index is 9.60. The highest BCUT2D eigenvalue weighted by Crippen LogP contribution is 2.27. The van der Waals surface area contributed by atoms with Crippen LogP contribution in [0.3, 0.4) is 0 Å². The first-order chi connectivity index (χ1) is 9.24. The van der Waals surface area contributed by atoms with Crippen molar-refractivity contribution in [3.05, 3.63) is 54.1 Å². The van der Waals surface area contributed by atoms with Crippen molar-refractivity contribution in [3.63, 3.8) is 0 Å². The third-order valence-corrected chi connectivity index (χ3v) is 3.12. The van der Waals surface area contributed by atoms with Gasteiger partial charge in [-0.3, -0.25) is 0 Å². The molecule has 2 aromatic rings. The maximum Gasteiger partial charge on any atom is 0.160 e. The summed E-state index contributed by atoms with van der Waals surface area (Å²) in [7, 11) is 1.56. The molecule has 0 saturated carbocycles. The Bertz CT molecular complexity index is 526. The predicted octanol–water partition coefficient (Wildman–Crippen LogP) is 3.43. The van der Waals surface area contributed by atoms with Crippen LogP contribution in [0.1, 0.15) is 12.5 Å². The van der Waals surface area contributed by atoms with Crippen molar-refractivity contribution >= 4 is 5.69 Å². The first-order valence-electron chi connectivity index (χ1n) is 6.40. The van der Waals surface area contributed by atoms with E-state index >= 15 is 0 Å². The van der Waals surface area contributed by atoms with Gasteiger partial charge in [-0.25, -0.2) is 0 Å². The van der Waals surface area contributed by atoms with Crippen LogP contribution >= 0.6 is 0 Å². The van der Waals surface area contributed by atoms with Gasteiger partial charge in [0.2, 0.25) is 0 Å². The number of anilines is 1. The average Bonchev–Trinajstić information content (AvgIpc) is 2.47. The van der Waals surface area contributed by atoms with E-state index in [1.807, 2.05) is 30.3 Å². The molecule has 0 spiro atoms. The van der Waals surface area contributed by atoms with Gasteiger partial charge >= 0.3 is 0 Å². The van der Waals surface area contributed by atoms with E-state index in [0.717, 1.165) is 18.7 Å². The number of para-hydroxylation sites is 1. The van der Waals surface area contributed by atoms with Crippen molar-refractivity contribution in [1.29, 1.82) is 0 Å². The Hall–Kier alpha value is -2.16. The molecule has 0 aliphatic rings. The molecule has 0 amide bonds. The van der Waals surface area contributed by atoms with Crippen LogP contribution in [-0.2, 0) is 6.54 Å². The summed E-state index contributed by atoms with van der Waals surface area (Å²) in [6.07, 6.45) is 0. The number of benzene rings is 2. The predicted molar refractivity (Wildman–Crippen MR) is 77.8 cm³/mol. The molecule has 0 radical (unpaired) electrons. The van der Waals surface area contributed by atoms with Gasteiger partial charge in [0, 0.05) is 18.8 Å². The van der Waals surface area contributed by atoms with Crippen molar-refractivity contribution in [1.82, 2.24) is 0 Å². The second kappa shape index (κ2) is 6.14. The third kappa shape index (κ3) is 3.19. The topological polar surface area (TPSA) is 32.7 Å². The van der Waals surface area contributed by atoms with Crippen LogP contribution in [0.5, 0.6) is 11.5 Å². The number of ether oxygens (including phenoxy) is 1. The van der Waals surface area contributed by atoms with Gasteiger partial charge in [0.15, 0.2) is 11.5 Å². The first kappa shape index (κ1) is 13.3. The van der Waals surface area contributed by atoms with Gasteiger partial charge in [0.25, 0.3) is 0 Å². The first-order valence-corrected chi connectivity index (χ1v) is 6.40. The van der Waals surface area contributed by atoms with Crippen molar-refractivity contribution in [2.45, 2.75) is 13.5 Å². The minimum Gasteiger partial charge on any atom is -0.504 e. The smallest absolute Gasteiger partial charge is 0.160 e. The van der Waals surface area contributed by atoms with Crippen LogP contribution in [0, 0.1) is 0 Å². The second-order valence-corrected chi connectivity index (χ2v) is 4.36. The highest BCUT2D eigenvalue weighted by molar-refractivity contribution is 5.48. The average molecular weight is 257 g/mol. The van der Waals surface area contributed by atoms with E-state index in [0.29, 0.717) is 5.75 Å². The lowest BCUT2D eigenvalue weighted by Crippen LogP contribution is -2.21. The summed E-state index contributed by atoms with van der Waals surface area (Å²) < 4.78 is 5.14. The number of hydrogen-bond donors (Lipinski definition) is 1. The summed E-state index contributed by atoms with van der Waals surface area (Å²) in [5, 5.41) is 9.60. The standard InChI is InChI=1S/C16H19NO2/c1-3-17(14-7-5-4-6-8-14)12-13-9-10-15(18)16(11-13)19-2/h4-11,18H,3,12H2,1-2H3. The molecule has 0 atom stereocenters. The van der Waals surface area contributed by atoms with Crippen LogP contribution in [-0.4, -0.2) is 18.8 Å². The minimum absolute atomic E-state index is 0.175. The Labute approximate surface area is 114 Å². The lowest BCUT2D eigenvalue weighted by Gasteiger charge is -2.23. The molecular formula is C16H19NO2. The van der Waals surface area contributed by atoms with E-state index < -0.39 is 0 Å². The number of phenols is 1. The molecule has 0 heterocycles. The summed E-state index contributed by atoms with van der Waals surface area (Å²) in [4.78, 5) is 2.27. The molecule has 0 aliphatic carbocycles. The normalized spacial score (nSPS) is 10.2. The molecule has 0 aliphatic heterocycles. The Morgan fingerprint density at radius 2 is 1.84 bits per heavy atom. The van der Waals surface area contributed by atoms with E-state index in [1.54, 1.807) is 13.2 Å². The van der Waals surface area contributed by atoms with Crippen LogP contribution in [0.2, 0.25) is 0 Å². The van der Waals surface area contributed by atoms with Crippen molar-refractivity contribution < 1.29 is 9.84 Å².